The van der Waals surface area contributed by atoms with E-state index in [-0.39, 0.29) is 10.7 Å². The third kappa shape index (κ3) is 1.48. The molecule has 0 unspecified atom stereocenters. The Morgan fingerprint density at radius 2 is 2.17 bits per heavy atom. The van der Waals surface area contributed by atoms with Crippen LogP contribution in [0.15, 0.2) is 12.1 Å². The van der Waals surface area contributed by atoms with Crippen molar-refractivity contribution in [3.63, 3.8) is 0 Å². The van der Waals surface area contributed by atoms with Crippen molar-refractivity contribution in [2.45, 2.75) is 0 Å². The van der Waals surface area contributed by atoms with Gasteiger partial charge in [-0.15, -0.1) is 0 Å². The summed E-state index contributed by atoms with van der Waals surface area (Å²) in [4.78, 5) is 10.3. The average Bonchev–Trinajstić information content (AvgIpc) is 1.96. The Kier molecular flexibility index (Phi) is 2.19. The van der Waals surface area contributed by atoms with Gasteiger partial charge in [0.15, 0.2) is 0 Å². The fourth-order valence-electron chi connectivity index (χ4n) is 0.739. The molecule has 0 spiro atoms. The number of nitrogens with two attached hydrogens (primary N) is 1. The molecule has 1 aromatic rings. The SMILES string of the molecule is Nc1cc(Cl)c(F)cc1C(=O)[O-]. The van der Waals surface area contributed by atoms with Gasteiger partial charge < -0.3 is 15.6 Å². The highest BCUT2D eigenvalue weighted by atomic mass is 35.5. The molecule has 2 N–H and O–H groups in total. The first-order valence-corrected chi connectivity index (χ1v) is 3.36. The number of anilines is 1. The lowest BCUT2D eigenvalue weighted by Gasteiger charge is -2.06. The van der Waals surface area contributed by atoms with E-state index in [4.69, 9.17) is 17.3 Å². The number of carbonyl (C=O) groups excluding carboxylic acids is 1. The number of halogens is 2. The number of hydrogen-bond acceptors (Lipinski definition) is 3. The van der Waals surface area contributed by atoms with Crippen LogP contribution in [-0.4, -0.2) is 5.97 Å². The number of carboxylic acids is 1. The molecule has 0 aliphatic heterocycles. The van der Waals surface area contributed by atoms with Crippen LogP contribution in [0.2, 0.25) is 5.02 Å². The molecule has 0 aromatic heterocycles. The molecule has 0 radical (unpaired) electrons. The van der Waals surface area contributed by atoms with Crippen LogP contribution in [0.5, 0.6) is 0 Å². The maximum atomic E-state index is 12.6. The van der Waals surface area contributed by atoms with Crippen molar-refractivity contribution >= 4 is 23.3 Å². The zero-order chi connectivity index (χ0) is 9.30. The molecule has 0 saturated heterocycles. The summed E-state index contributed by atoms with van der Waals surface area (Å²) in [6, 6.07) is 1.76. The molecule has 0 amide bonds. The van der Waals surface area contributed by atoms with E-state index in [1.165, 1.54) is 0 Å². The molecular formula is C7H4ClFNO2-. The lowest BCUT2D eigenvalue weighted by Crippen LogP contribution is -2.23. The highest BCUT2D eigenvalue weighted by Crippen LogP contribution is 2.21. The van der Waals surface area contributed by atoms with Gasteiger partial charge in [0.05, 0.1) is 11.0 Å². The highest BCUT2D eigenvalue weighted by molar-refractivity contribution is 6.31. The van der Waals surface area contributed by atoms with Crippen LogP contribution in [-0.2, 0) is 0 Å². The van der Waals surface area contributed by atoms with E-state index in [1.54, 1.807) is 0 Å². The van der Waals surface area contributed by atoms with Crippen LogP contribution < -0.4 is 10.8 Å². The minimum atomic E-state index is -1.52. The molecule has 0 saturated carbocycles. The van der Waals surface area contributed by atoms with Gasteiger partial charge in [-0.25, -0.2) is 4.39 Å². The molecule has 5 heteroatoms. The van der Waals surface area contributed by atoms with E-state index in [0.717, 1.165) is 12.1 Å². The second kappa shape index (κ2) is 2.98. The zero-order valence-corrected chi connectivity index (χ0v) is 6.56. The number of hydrogen-bond donors (Lipinski definition) is 1. The number of nitrogen functional groups attached to an aromatic ring is 1. The predicted molar refractivity (Wildman–Crippen MR) is 40.2 cm³/mol. The van der Waals surface area contributed by atoms with E-state index >= 15 is 0 Å². The summed E-state index contributed by atoms with van der Waals surface area (Å²) in [5.74, 6) is -2.35. The van der Waals surface area contributed by atoms with Crippen molar-refractivity contribution in [3.05, 3.63) is 28.5 Å². The Morgan fingerprint density at radius 1 is 1.58 bits per heavy atom. The minimum Gasteiger partial charge on any atom is -0.545 e. The topological polar surface area (TPSA) is 66.2 Å². The molecule has 1 rings (SSSR count). The first-order valence-electron chi connectivity index (χ1n) is 2.98. The van der Waals surface area contributed by atoms with Crippen LogP contribution in [0.25, 0.3) is 0 Å². The summed E-state index contributed by atoms with van der Waals surface area (Å²) in [6.07, 6.45) is 0. The summed E-state index contributed by atoms with van der Waals surface area (Å²) in [6.45, 7) is 0. The molecule has 64 valence electrons. The van der Waals surface area contributed by atoms with Crippen molar-refractivity contribution in [1.29, 1.82) is 0 Å². The fourth-order valence-corrected chi connectivity index (χ4v) is 0.911. The molecular weight excluding hydrogens is 185 g/mol. The standard InChI is InChI=1S/C7H5ClFNO2/c8-4-2-6(10)3(7(11)12)1-5(4)9/h1-2H,10H2,(H,11,12)/p-1. The summed E-state index contributed by atoms with van der Waals surface area (Å²) < 4.78 is 12.6. The number of aromatic carboxylic acids is 1. The second-order valence-corrected chi connectivity index (χ2v) is 2.55. The average molecular weight is 189 g/mol. The van der Waals surface area contributed by atoms with Crippen molar-refractivity contribution in [3.8, 4) is 0 Å². The molecule has 1 aromatic carbocycles. The van der Waals surface area contributed by atoms with Gasteiger partial charge in [-0.05, 0) is 12.1 Å². The molecule has 0 bridgehead atoms. The van der Waals surface area contributed by atoms with Gasteiger partial charge in [0, 0.05) is 11.3 Å². The monoisotopic (exact) mass is 188 g/mol. The number of rotatable bonds is 1. The van der Waals surface area contributed by atoms with Gasteiger partial charge in [0.1, 0.15) is 5.82 Å². The van der Waals surface area contributed by atoms with E-state index in [0.29, 0.717) is 0 Å². The maximum Gasteiger partial charge on any atom is 0.142 e. The van der Waals surface area contributed by atoms with Gasteiger partial charge >= 0.3 is 0 Å². The third-order valence-corrected chi connectivity index (χ3v) is 1.60. The molecule has 0 aliphatic carbocycles. The quantitative estimate of drug-likeness (QED) is 0.650. The number of benzene rings is 1. The van der Waals surface area contributed by atoms with Gasteiger partial charge in [-0.1, -0.05) is 11.6 Å². The summed E-state index contributed by atoms with van der Waals surface area (Å²) >= 11 is 5.32. The van der Waals surface area contributed by atoms with E-state index < -0.39 is 17.3 Å². The summed E-state index contributed by atoms with van der Waals surface area (Å²) in [5, 5.41) is 10.1. The zero-order valence-electron chi connectivity index (χ0n) is 5.80. The fraction of sp³-hybridized carbons (Fsp3) is 0. The maximum absolute atomic E-state index is 12.6. The Bertz CT molecular complexity index is 340. The Labute approximate surface area is 72.6 Å². The number of carbonyl (C=O) groups is 1. The lowest BCUT2D eigenvalue weighted by molar-refractivity contribution is -0.254. The van der Waals surface area contributed by atoms with Gasteiger partial charge in [0.2, 0.25) is 0 Å². The molecule has 0 atom stereocenters. The number of carboxylic acid groups (broad SMARTS) is 1. The van der Waals surface area contributed by atoms with Crippen LogP contribution in [0, 0.1) is 5.82 Å². The van der Waals surface area contributed by atoms with Crippen molar-refractivity contribution < 1.29 is 14.3 Å². The predicted octanol–water partition coefficient (Wildman–Crippen LogP) is 0.425. The van der Waals surface area contributed by atoms with Crippen molar-refractivity contribution in [2.75, 3.05) is 5.73 Å². The van der Waals surface area contributed by atoms with Crippen molar-refractivity contribution in [2.24, 2.45) is 0 Å². The largest absolute Gasteiger partial charge is 0.545 e. The van der Waals surface area contributed by atoms with Crippen LogP contribution in [0.1, 0.15) is 10.4 Å². The second-order valence-electron chi connectivity index (χ2n) is 2.14. The van der Waals surface area contributed by atoms with E-state index in [1.807, 2.05) is 0 Å². The van der Waals surface area contributed by atoms with Crippen LogP contribution in [0.4, 0.5) is 10.1 Å². The van der Waals surface area contributed by atoms with Crippen LogP contribution in [0.3, 0.4) is 0 Å². The van der Waals surface area contributed by atoms with E-state index in [2.05, 4.69) is 0 Å². The Balaban J connectivity index is 3.33. The van der Waals surface area contributed by atoms with E-state index in [9.17, 15) is 14.3 Å². The summed E-state index contributed by atoms with van der Waals surface area (Å²) in [7, 11) is 0. The first kappa shape index (κ1) is 8.80. The Morgan fingerprint density at radius 3 is 2.67 bits per heavy atom. The normalized spacial score (nSPS) is 9.83. The molecule has 0 aliphatic rings. The van der Waals surface area contributed by atoms with Gasteiger partial charge in [-0.3, -0.25) is 0 Å². The molecule has 12 heavy (non-hydrogen) atoms. The highest BCUT2D eigenvalue weighted by Gasteiger charge is 2.06. The first-order chi connectivity index (χ1) is 5.52. The lowest BCUT2D eigenvalue weighted by atomic mass is 10.2. The van der Waals surface area contributed by atoms with Crippen LogP contribution >= 0.6 is 11.6 Å². The van der Waals surface area contributed by atoms with Crippen molar-refractivity contribution in [1.82, 2.24) is 0 Å². The molecule has 0 fully saturated rings. The molecule has 3 nitrogen and oxygen atoms in total. The summed E-state index contributed by atoms with van der Waals surface area (Å²) in [5.41, 5.74) is 4.72. The third-order valence-electron chi connectivity index (χ3n) is 1.31. The van der Waals surface area contributed by atoms with Gasteiger partial charge in [0.25, 0.3) is 0 Å². The smallest absolute Gasteiger partial charge is 0.142 e. The van der Waals surface area contributed by atoms with Gasteiger partial charge in [-0.2, -0.15) is 0 Å². The molecule has 0 heterocycles. The minimum absolute atomic E-state index is 0.110. The Hall–Kier alpha value is -1.29.